The molecule has 20 heavy (non-hydrogen) atoms. The minimum absolute atomic E-state index is 0. The molecule has 13 nitrogen and oxygen atoms in total. The van der Waals surface area contributed by atoms with Crippen molar-refractivity contribution in [3.8, 4) is 0 Å². The minimum Gasteiger partial charge on any atom is -0.790 e. The molecular weight excluding hydrogens is 425 g/mol. The van der Waals surface area contributed by atoms with Crippen LogP contribution in [0.3, 0.4) is 0 Å². The number of hydrogen-bond acceptors (Lipinski definition) is 10. The van der Waals surface area contributed by atoms with Crippen LogP contribution in [0.4, 0.5) is 0 Å². The molecule has 0 aliphatic carbocycles. The van der Waals surface area contributed by atoms with Crippen LogP contribution in [0, 0.1) is 0 Å². The van der Waals surface area contributed by atoms with Gasteiger partial charge in [0, 0.05) is 0 Å². The fourth-order valence-corrected chi connectivity index (χ4v) is 0. The number of rotatable bonds is 0. The monoisotopic (exact) mass is 431 g/mol. The van der Waals surface area contributed by atoms with Gasteiger partial charge in [-0.15, -0.1) is 0 Å². The summed E-state index contributed by atoms with van der Waals surface area (Å²) in [6, 6.07) is 0. The largest absolute Gasteiger partial charge is 2.00 e. The summed E-state index contributed by atoms with van der Waals surface area (Å²) in [5, 5.41) is 0. The van der Waals surface area contributed by atoms with Gasteiger partial charge in [-0.1, -0.05) is 0 Å². The molecular formula is H6CaKMgNNaO12P3. The van der Waals surface area contributed by atoms with E-state index in [0.29, 0.717) is 0 Å². The van der Waals surface area contributed by atoms with E-state index in [2.05, 4.69) is 0 Å². The van der Waals surface area contributed by atoms with Crippen LogP contribution in [-0.4, -0.2) is 75.5 Å². The maximum Gasteiger partial charge on any atom is 2.00 e. The van der Waals surface area contributed by atoms with Gasteiger partial charge in [-0.25, -0.2) is 0 Å². The Kier molecular flexibility index (Phi) is 59.7. The predicted octanol–water partition coefficient (Wildman–Crippen LogP) is -13.2. The molecule has 0 aromatic heterocycles. The fraction of sp³-hybridized carbons (Fsp3) is 0. The summed E-state index contributed by atoms with van der Waals surface area (Å²) in [6.45, 7) is 0. The van der Waals surface area contributed by atoms with Gasteiger partial charge in [-0.05, 0) is 0 Å². The summed E-state index contributed by atoms with van der Waals surface area (Å²) in [6.07, 6.45) is 0. The molecule has 20 heteroatoms. The normalized spacial score (nSPS) is 8.85. The molecule has 0 heterocycles. The summed E-state index contributed by atoms with van der Waals surface area (Å²) in [4.78, 5) is 72.9. The molecule has 0 atom stereocenters. The van der Waals surface area contributed by atoms with E-state index in [1.807, 2.05) is 0 Å². The Morgan fingerprint density at radius 1 is 0.650 bits per heavy atom. The van der Waals surface area contributed by atoms with E-state index in [1.165, 1.54) is 0 Å². The molecule has 0 amide bonds. The van der Waals surface area contributed by atoms with Gasteiger partial charge >= 0.3 is 142 Å². The first-order valence-electron chi connectivity index (χ1n) is 2.24. The van der Waals surface area contributed by atoms with Gasteiger partial charge in [-0.2, -0.15) is 0 Å². The van der Waals surface area contributed by atoms with Crippen molar-refractivity contribution in [1.29, 1.82) is 0 Å². The van der Waals surface area contributed by atoms with Crippen molar-refractivity contribution < 1.29 is 139 Å². The maximum atomic E-state index is 8.66. The first kappa shape index (κ1) is 49.8. The van der Waals surface area contributed by atoms with Crippen LogP contribution < -0.4 is 116 Å². The Balaban J connectivity index is -0.0000000160. The Bertz CT molecular complexity index is 225. The number of phosphoric acid groups is 3. The molecule has 0 aliphatic heterocycles. The predicted molar refractivity (Wildman–Crippen MR) is 46.0 cm³/mol. The molecule has 0 saturated heterocycles. The van der Waals surface area contributed by atoms with Crippen LogP contribution in [-0.2, 0) is 13.7 Å². The molecule has 0 aromatic carbocycles. The summed E-state index contributed by atoms with van der Waals surface area (Å²) < 4.78 is 26.0. The van der Waals surface area contributed by atoms with E-state index in [0.717, 1.165) is 0 Å². The zero-order valence-electron chi connectivity index (χ0n) is 10.5. The van der Waals surface area contributed by atoms with Crippen molar-refractivity contribution in [3.63, 3.8) is 0 Å². The van der Waals surface area contributed by atoms with Gasteiger partial charge in [0.25, 0.3) is 0 Å². The van der Waals surface area contributed by atoms with Gasteiger partial charge in [0.05, 0.1) is 23.5 Å². The van der Waals surface area contributed by atoms with Gasteiger partial charge in [0.15, 0.2) is 0 Å². The quantitative estimate of drug-likeness (QED) is 0.205. The molecule has 0 unspecified atom stereocenters. The van der Waals surface area contributed by atoms with Crippen molar-refractivity contribution in [1.82, 2.24) is 6.15 Å². The van der Waals surface area contributed by atoms with E-state index >= 15 is 0 Å². The zero-order valence-corrected chi connectivity index (χ0v) is 21.9. The second-order valence-electron chi connectivity index (χ2n) is 1.41. The summed E-state index contributed by atoms with van der Waals surface area (Å²) in [5.74, 6) is 0. The summed E-state index contributed by atoms with van der Waals surface area (Å²) in [7, 11) is -15.4. The molecule has 104 valence electrons. The van der Waals surface area contributed by atoms with Crippen LogP contribution in [0.2, 0.25) is 0 Å². The zero-order chi connectivity index (χ0) is 13.5. The summed E-state index contributed by atoms with van der Waals surface area (Å²) in [5.41, 5.74) is 0. The molecule has 6 N–H and O–H groups in total. The third-order valence-corrected chi connectivity index (χ3v) is 0. The van der Waals surface area contributed by atoms with E-state index in [9.17, 15) is 0 Å². The SMILES string of the molecule is N.O=P([O-])([O-])O.O=P([O-])([O-])O.O=P([O-])([O-])O.[Ca+2].[K+].[Mg+2].[Na+]. The third kappa shape index (κ3) is 451. The molecule has 0 saturated carbocycles. The number of hydrogen-bond donors (Lipinski definition) is 4. The topological polar surface area (TPSA) is 285 Å². The molecule has 0 radical (unpaired) electrons. The first-order valence-corrected chi connectivity index (χ1v) is 6.73. The van der Waals surface area contributed by atoms with E-state index in [-0.39, 0.29) is 148 Å². The second-order valence-corrected chi connectivity index (χ2v) is 4.22. The minimum atomic E-state index is -5.14. The van der Waals surface area contributed by atoms with Gasteiger partial charge in [0.1, 0.15) is 0 Å². The van der Waals surface area contributed by atoms with Crippen molar-refractivity contribution in [2.45, 2.75) is 0 Å². The van der Waals surface area contributed by atoms with Crippen LogP contribution in [0.1, 0.15) is 0 Å². The average molecular weight is 431 g/mol. The Labute approximate surface area is 224 Å². The van der Waals surface area contributed by atoms with E-state index in [1.54, 1.807) is 0 Å². The van der Waals surface area contributed by atoms with Crippen molar-refractivity contribution in [2.24, 2.45) is 0 Å². The van der Waals surface area contributed by atoms with Gasteiger partial charge in [-0.3, -0.25) is 0 Å². The Morgan fingerprint density at radius 3 is 0.650 bits per heavy atom. The molecule has 0 aliphatic rings. The third-order valence-electron chi connectivity index (χ3n) is 0. The standard InChI is InChI=1S/Ca.K.Mg.H3N.Na.3H3O4P/c;;;;;3*1-5(2,3)4/h;;;1H3;;3*(H3,1,2,3,4)/q+2;+1;+2;;+1;;;/p-6. The van der Waals surface area contributed by atoms with Crippen LogP contribution >= 0.6 is 23.5 Å². The average Bonchev–Trinajstić information content (AvgIpc) is 1.41. The molecule has 0 rings (SSSR count). The van der Waals surface area contributed by atoms with Crippen molar-refractivity contribution in [3.05, 3.63) is 0 Å². The van der Waals surface area contributed by atoms with Crippen molar-refractivity contribution >= 4 is 84.3 Å². The molecule has 0 bridgehead atoms. The Morgan fingerprint density at radius 2 is 0.650 bits per heavy atom. The second kappa shape index (κ2) is 24.0. The molecule has 0 spiro atoms. The van der Waals surface area contributed by atoms with Gasteiger partial charge in [0.2, 0.25) is 0 Å². The molecule has 0 aromatic rings. The van der Waals surface area contributed by atoms with Gasteiger partial charge < -0.3 is 63.9 Å². The molecule has 0 fully saturated rings. The smallest absolute Gasteiger partial charge is 0.790 e. The Hall–Kier alpha value is 4.95. The van der Waals surface area contributed by atoms with Crippen molar-refractivity contribution in [2.75, 3.05) is 0 Å². The van der Waals surface area contributed by atoms with Crippen LogP contribution in [0.25, 0.3) is 0 Å². The van der Waals surface area contributed by atoms with E-state index < -0.39 is 23.5 Å². The maximum absolute atomic E-state index is 8.66. The summed E-state index contributed by atoms with van der Waals surface area (Å²) >= 11 is 0. The van der Waals surface area contributed by atoms with Crippen LogP contribution in [0.15, 0.2) is 0 Å². The van der Waals surface area contributed by atoms with Crippen LogP contribution in [0.5, 0.6) is 0 Å². The fourth-order valence-electron chi connectivity index (χ4n) is 0. The van der Waals surface area contributed by atoms with E-state index in [4.69, 9.17) is 57.7 Å². The first-order chi connectivity index (χ1) is 6.00.